The molecule has 0 unspecified atom stereocenters. The van der Waals surface area contributed by atoms with Gasteiger partial charge >= 0.3 is 0 Å². The second-order valence-electron chi connectivity index (χ2n) is 4.61. The molecule has 0 bridgehead atoms. The van der Waals surface area contributed by atoms with E-state index in [1.54, 1.807) is 19.2 Å². The number of aldehydes is 1. The van der Waals surface area contributed by atoms with Crippen molar-refractivity contribution in [3.8, 4) is 11.5 Å². The maximum Gasteiger partial charge on any atom is 0.171 e. The molecule has 0 amide bonds. The van der Waals surface area contributed by atoms with Gasteiger partial charge in [0.1, 0.15) is 0 Å². The van der Waals surface area contributed by atoms with Gasteiger partial charge in [0.05, 0.1) is 19.3 Å². The molecule has 4 heteroatoms. The van der Waals surface area contributed by atoms with Crippen LogP contribution < -0.4 is 9.47 Å². The van der Waals surface area contributed by atoms with Crippen molar-refractivity contribution >= 4 is 17.9 Å². The fourth-order valence-electron chi connectivity index (χ4n) is 2.36. The highest BCUT2D eigenvalue weighted by atomic mass is 35.5. The lowest BCUT2D eigenvalue weighted by Crippen LogP contribution is -2.10. The van der Waals surface area contributed by atoms with E-state index in [2.05, 4.69) is 0 Å². The van der Waals surface area contributed by atoms with Crippen LogP contribution in [0.1, 0.15) is 36.0 Å². The van der Waals surface area contributed by atoms with Gasteiger partial charge in [0.25, 0.3) is 0 Å². The van der Waals surface area contributed by atoms with Crippen LogP contribution in [0.2, 0.25) is 5.02 Å². The van der Waals surface area contributed by atoms with Crippen LogP contribution in [-0.4, -0.2) is 20.0 Å². The standard InChI is InChI=1S/C14H17ClO3/c1-17-13-7-12(15)6-11(8-16)14(13)18-9-10-4-2-3-5-10/h6-8,10H,2-5,9H2,1H3. The van der Waals surface area contributed by atoms with Gasteiger partial charge in [-0.15, -0.1) is 0 Å². The van der Waals surface area contributed by atoms with E-state index in [0.29, 0.717) is 34.6 Å². The number of methoxy groups -OCH3 is 1. The quantitative estimate of drug-likeness (QED) is 0.764. The summed E-state index contributed by atoms with van der Waals surface area (Å²) in [6, 6.07) is 3.26. The third-order valence-corrected chi connectivity index (χ3v) is 3.55. The maximum absolute atomic E-state index is 11.0. The predicted molar refractivity (Wildman–Crippen MR) is 70.8 cm³/mol. The Morgan fingerprint density at radius 1 is 1.39 bits per heavy atom. The molecule has 0 heterocycles. The summed E-state index contributed by atoms with van der Waals surface area (Å²) in [6.07, 6.45) is 5.69. The molecular formula is C14H17ClO3. The molecule has 0 N–H and O–H groups in total. The van der Waals surface area contributed by atoms with Crippen LogP contribution in [0.15, 0.2) is 12.1 Å². The Morgan fingerprint density at radius 3 is 2.72 bits per heavy atom. The largest absolute Gasteiger partial charge is 0.493 e. The minimum Gasteiger partial charge on any atom is -0.493 e. The maximum atomic E-state index is 11.0. The predicted octanol–water partition coefficient (Wildman–Crippen LogP) is 3.73. The molecule has 98 valence electrons. The number of hydrogen-bond acceptors (Lipinski definition) is 3. The summed E-state index contributed by atoms with van der Waals surface area (Å²) in [5.41, 5.74) is 0.442. The van der Waals surface area contributed by atoms with Crippen LogP contribution in [0.4, 0.5) is 0 Å². The van der Waals surface area contributed by atoms with Crippen molar-refractivity contribution in [1.29, 1.82) is 0 Å². The van der Waals surface area contributed by atoms with E-state index in [4.69, 9.17) is 21.1 Å². The minimum absolute atomic E-state index is 0.442. The Balaban J connectivity index is 2.15. The highest BCUT2D eigenvalue weighted by Crippen LogP contribution is 2.35. The number of benzene rings is 1. The molecule has 1 aromatic carbocycles. The topological polar surface area (TPSA) is 35.5 Å². The van der Waals surface area contributed by atoms with Crippen molar-refractivity contribution in [2.24, 2.45) is 5.92 Å². The van der Waals surface area contributed by atoms with Crippen LogP contribution >= 0.6 is 11.6 Å². The van der Waals surface area contributed by atoms with Gasteiger partial charge in [-0.05, 0) is 24.8 Å². The Kier molecular flexibility index (Phi) is 4.48. The summed E-state index contributed by atoms with van der Waals surface area (Å²) in [6.45, 7) is 0.638. The first-order valence-corrected chi connectivity index (χ1v) is 6.58. The number of hydrogen-bond donors (Lipinski definition) is 0. The van der Waals surface area contributed by atoms with E-state index in [-0.39, 0.29) is 0 Å². The van der Waals surface area contributed by atoms with E-state index in [0.717, 1.165) is 6.29 Å². The first-order chi connectivity index (χ1) is 8.74. The second kappa shape index (κ2) is 6.10. The van der Waals surface area contributed by atoms with Gasteiger partial charge in [0.2, 0.25) is 0 Å². The fraction of sp³-hybridized carbons (Fsp3) is 0.500. The molecule has 0 radical (unpaired) electrons. The van der Waals surface area contributed by atoms with Crippen LogP contribution in [0.25, 0.3) is 0 Å². The molecule has 2 rings (SSSR count). The molecule has 1 saturated carbocycles. The summed E-state index contributed by atoms with van der Waals surface area (Å²) < 4.78 is 11.0. The summed E-state index contributed by atoms with van der Waals surface area (Å²) in [7, 11) is 1.54. The number of halogens is 1. The lowest BCUT2D eigenvalue weighted by atomic mass is 10.1. The molecule has 0 spiro atoms. The number of carbonyl (C=O) groups excluding carboxylic acids is 1. The van der Waals surface area contributed by atoms with Crippen LogP contribution in [0.5, 0.6) is 11.5 Å². The minimum atomic E-state index is 0.442. The van der Waals surface area contributed by atoms with Crippen molar-refractivity contribution in [3.05, 3.63) is 22.7 Å². The van der Waals surface area contributed by atoms with Crippen LogP contribution in [0, 0.1) is 5.92 Å². The Labute approximate surface area is 112 Å². The SMILES string of the molecule is COc1cc(Cl)cc(C=O)c1OCC1CCCC1. The van der Waals surface area contributed by atoms with E-state index in [1.165, 1.54) is 25.7 Å². The summed E-state index contributed by atoms with van der Waals surface area (Å²) >= 11 is 5.91. The van der Waals surface area contributed by atoms with E-state index in [1.807, 2.05) is 0 Å². The van der Waals surface area contributed by atoms with Crippen molar-refractivity contribution < 1.29 is 14.3 Å². The molecule has 18 heavy (non-hydrogen) atoms. The second-order valence-corrected chi connectivity index (χ2v) is 5.04. The zero-order valence-corrected chi connectivity index (χ0v) is 11.2. The third kappa shape index (κ3) is 2.96. The molecular weight excluding hydrogens is 252 g/mol. The molecule has 1 fully saturated rings. The smallest absolute Gasteiger partial charge is 0.171 e. The highest BCUT2D eigenvalue weighted by molar-refractivity contribution is 6.31. The molecule has 3 nitrogen and oxygen atoms in total. The molecule has 1 aliphatic rings. The Bertz CT molecular complexity index is 425. The van der Waals surface area contributed by atoms with Gasteiger partial charge in [0.15, 0.2) is 17.8 Å². The normalized spacial score (nSPS) is 15.7. The average molecular weight is 269 g/mol. The molecule has 0 saturated heterocycles. The molecule has 0 atom stereocenters. The van der Waals surface area contributed by atoms with Gasteiger partial charge in [0, 0.05) is 11.1 Å². The number of ether oxygens (including phenoxy) is 2. The van der Waals surface area contributed by atoms with Crippen molar-refractivity contribution in [2.75, 3.05) is 13.7 Å². The summed E-state index contributed by atoms with van der Waals surface area (Å²) in [5, 5.41) is 0.474. The Morgan fingerprint density at radius 2 is 2.11 bits per heavy atom. The zero-order chi connectivity index (χ0) is 13.0. The van der Waals surface area contributed by atoms with Crippen molar-refractivity contribution in [3.63, 3.8) is 0 Å². The Hall–Kier alpha value is -1.22. The van der Waals surface area contributed by atoms with Gasteiger partial charge in [-0.1, -0.05) is 24.4 Å². The first-order valence-electron chi connectivity index (χ1n) is 6.20. The lowest BCUT2D eigenvalue weighted by molar-refractivity contribution is 0.111. The van der Waals surface area contributed by atoms with Gasteiger partial charge in [-0.2, -0.15) is 0 Å². The zero-order valence-electron chi connectivity index (χ0n) is 10.4. The average Bonchev–Trinajstić information content (AvgIpc) is 2.89. The highest BCUT2D eigenvalue weighted by Gasteiger charge is 2.18. The monoisotopic (exact) mass is 268 g/mol. The lowest BCUT2D eigenvalue weighted by Gasteiger charge is -2.15. The summed E-state index contributed by atoms with van der Waals surface area (Å²) in [4.78, 5) is 11.0. The van der Waals surface area contributed by atoms with Crippen LogP contribution in [0.3, 0.4) is 0 Å². The van der Waals surface area contributed by atoms with E-state index >= 15 is 0 Å². The van der Waals surface area contributed by atoms with Gasteiger partial charge in [-0.25, -0.2) is 0 Å². The van der Waals surface area contributed by atoms with Gasteiger partial charge < -0.3 is 9.47 Å². The molecule has 1 aliphatic carbocycles. The van der Waals surface area contributed by atoms with Crippen LogP contribution in [-0.2, 0) is 0 Å². The molecule has 0 aliphatic heterocycles. The van der Waals surface area contributed by atoms with E-state index in [9.17, 15) is 4.79 Å². The number of rotatable bonds is 5. The third-order valence-electron chi connectivity index (χ3n) is 3.33. The van der Waals surface area contributed by atoms with Gasteiger partial charge in [-0.3, -0.25) is 4.79 Å². The van der Waals surface area contributed by atoms with Crippen molar-refractivity contribution in [1.82, 2.24) is 0 Å². The van der Waals surface area contributed by atoms with Crippen molar-refractivity contribution in [2.45, 2.75) is 25.7 Å². The fourth-order valence-corrected chi connectivity index (χ4v) is 2.58. The summed E-state index contributed by atoms with van der Waals surface area (Å²) in [5.74, 6) is 1.61. The number of carbonyl (C=O) groups is 1. The first kappa shape index (κ1) is 13.2. The molecule has 1 aromatic rings. The molecule has 0 aromatic heterocycles. The van der Waals surface area contributed by atoms with E-state index < -0.39 is 0 Å².